The highest BCUT2D eigenvalue weighted by Gasteiger charge is 2.54. The number of hydrogen-bond donors (Lipinski definition) is 21. The number of nitrogens with one attached hydrogen (secondary N) is 7. The van der Waals surface area contributed by atoms with Gasteiger partial charge in [0.1, 0.15) is 94.6 Å². The van der Waals surface area contributed by atoms with Crippen LogP contribution < -0.4 is 66.3 Å². The van der Waals surface area contributed by atoms with Gasteiger partial charge in [0.25, 0.3) is 11.8 Å². The van der Waals surface area contributed by atoms with Crippen molar-refractivity contribution in [2.45, 2.75) is 163 Å². The Hall–Kier alpha value is -7.69. The predicted molar refractivity (Wildman–Crippen MR) is 324 cm³/mol. The molecule has 6 rings (SSSR count). The second-order valence-corrected chi connectivity index (χ2v) is 24.0. The van der Waals surface area contributed by atoms with Gasteiger partial charge in [-0.15, -0.1) is 22.7 Å². The standard InChI is InChI=1S/C53H80N18O21S2/c1-17(54)9-63-46(83)25-14-94-50(67-25)26-15-93-30(66-26)6-7-61-47(84)32(21(5)74)69-45(82)19(3)34(76)20(4)65-49(86)33(70-48(85)31-18(2)42(57)71-44(68-31)23(8-29(56)75)62-10-22(55)43(58)81)39(24-11-60-16-64-24)90-52-41(37(79)35(77)27(12-72)89-52)91-51-38(80)40(92-53(59)87)36(78)28(13-73)88-51/h11,14-17,19-23,27-28,32-41,51-52,62,72-74,76-80H,6-10,12-13,54-55H2,1-5H3,(H2,56,75)(H2,58,81)(H2,59,87)(H,60,64)(H,61,84)(H,63,83)(H,65,86)(H,69,82)(H,70,85)(H2,57,68,71)/t17?,19-,20+,21+,22-,23-,27-,28+,32-,33-,34-,35+,36+,37-,38-,39-,40-,41-,51+,52-/m0/s1. The molecule has 0 saturated carbocycles. The molecule has 2 aliphatic heterocycles. The summed E-state index contributed by atoms with van der Waals surface area (Å²) >= 11 is 2.46. The predicted octanol–water partition coefficient (Wildman–Crippen LogP) is -8.62. The fraction of sp³-hybridized carbons (Fsp3) is 0.604. The molecule has 4 aromatic heterocycles. The number of aromatic amines is 1. The number of carbonyl (C=O) groups is 8. The van der Waals surface area contributed by atoms with Crippen LogP contribution in [0.3, 0.4) is 0 Å². The lowest BCUT2D eigenvalue weighted by Crippen LogP contribution is -2.65. The Balaban J connectivity index is 1.28. The van der Waals surface area contributed by atoms with Gasteiger partial charge in [-0.2, -0.15) is 0 Å². The highest BCUT2D eigenvalue weighted by Crippen LogP contribution is 2.35. The maximum atomic E-state index is 15.2. The quantitative estimate of drug-likeness (QED) is 0.0211. The number of hydrogen-bond acceptors (Lipinski definition) is 32. The third kappa shape index (κ3) is 19.5. The topological polar surface area (TPSA) is 653 Å². The Morgan fingerprint density at radius 3 is 2.05 bits per heavy atom. The highest BCUT2D eigenvalue weighted by atomic mass is 32.1. The smallest absolute Gasteiger partial charge is 0.404 e. The van der Waals surface area contributed by atoms with E-state index in [9.17, 15) is 74.4 Å². The van der Waals surface area contributed by atoms with Crippen molar-refractivity contribution in [3.63, 3.8) is 0 Å². The van der Waals surface area contributed by atoms with Crippen molar-refractivity contribution in [2.75, 3.05) is 38.6 Å². The summed E-state index contributed by atoms with van der Waals surface area (Å²) in [6, 6.07) is -8.13. The normalized spacial score (nSPS) is 24.5. The number of amides is 8. The molecule has 39 nitrogen and oxygen atoms in total. The molecule has 0 spiro atoms. The van der Waals surface area contributed by atoms with E-state index in [1.165, 1.54) is 50.4 Å². The second-order valence-electron chi connectivity index (χ2n) is 22.2. The Bertz CT molecular complexity index is 3240. The van der Waals surface area contributed by atoms with Gasteiger partial charge in [-0.25, -0.2) is 29.7 Å². The first kappa shape index (κ1) is 75.3. The van der Waals surface area contributed by atoms with Crippen LogP contribution in [0, 0.1) is 12.8 Å². The lowest BCUT2D eigenvalue weighted by molar-refractivity contribution is -0.372. The summed E-state index contributed by atoms with van der Waals surface area (Å²) < 4.78 is 28.7. The van der Waals surface area contributed by atoms with Crippen molar-refractivity contribution in [1.29, 1.82) is 0 Å². The van der Waals surface area contributed by atoms with Gasteiger partial charge in [-0.05, 0) is 27.7 Å². The molecule has 0 bridgehead atoms. The summed E-state index contributed by atoms with van der Waals surface area (Å²) in [7, 11) is 0. The number of nitrogens with zero attached hydrogens (tertiary/aromatic N) is 5. The SMILES string of the molecule is Cc1c(N)nc([C@H](CC(N)=O)NC[C@H](N)C(N)=O)nc1C(=O)N[C@H](C(=O)N[C@H](C)[C@@H](O)[C@H](C)C(=O)N[C@H](C(=O)NCCc1nc(-c2nc(C(=O)NCC(C)N)cs2)cs1)[C@@H](C)O)[C@@H](O[C@@H]1O[C@@H](CO)[C@@H](O)[C@H](O)[C@@H]1O[C@H]1O[C@H](CO)[C@@H](O)[C@H](OC(N)=O)[C@@H]1O)c1cnc[nH]1. The van der Waals surface area contributed by atoms with Crippen LogP contribution in [0.25, 0.3) is 10.7 Å². The van der Waals surface area contributed by atoms with Crippen molar-refractivity contribution < 1.29 is 103 Å². The number of carbonyl (C=O) groups excluding carboxylic acids is 8. The average Bonchev–Trinajstić information content (AvgIpc) is 0.905. The Kier molecular flexibility index (Phi) is 27.3. The van der Waals surface area contributed by atoms with Gasteiger partial charge in [0.2, 0.25) is 29.5 Å². The minimum atomic E-state index is -2.20. The number of thiazole rings is 2. The van der Waals surface area contributed by atoms with Crippen molar-refractivity contribution in [1.82, 2.24) is 61.8 Å². The van der Waals surface area contributed by atoms with E-state index in [0.717, 1.165) is 12.5 Å². The molecule has 0 aliphatic carbocycles. The van der Waals surface area contributed by atoms with E-state index in [1.807, 2.05) is 0 Å². The fourth-order valence-corrected chi connectivity index (χ4v) is 11.1. The minimum absolute atomic E-state index is 0.0185. The van der Waals surface area contributed by atoms with Crippen molar-refractivity contribution in [2.24, 2.45) is 34.6 Å². The first-order chi connectivity index (χ1) is 44.3. The monoisotopic (exact) mass is 1370 g/mol. The molecule has 2 aliphatic rings. The number of aromatic nitrogens is 6. The molecule has 2 fully saturated rings. The largest absolute Gasteiger partial charge is 0.441 e. The Morgan fingerprint density at radius 1 is 0.755 bits per heavy atom. The zero-order valence-electron chi connectivity index (χ0n) is 51.2. The molecule has 20 atom stereocenters. The highest BCUT2D eigenvalue weighted by molar-refractivity contribution is 7.14. The number of aliphatic hydroxyl groups is 8. The van der Waals surface area contributed by atoms with Crippen LogP contribution in [0.15, 0.2) is 23.3 Å². The molecule has 6 heterocycles. The maximum Gasteiger partial charge on any atom is 0.404 e. The zero-order chi connectivity index (χ0) is 69.6. The van der Waals surface area contributed by atoms with Crippen LogP contribution in [-0.2, 0) is 54.1 Å². The van der Waals surface area contributed by atoms with Crippen LogP contribution in [0.1, 0.15) is 89.3 Å². The first-order valence-electron chi connectivity index (χ1n) is 29.1. The van der Waals surface area contributed by atoms with E-state index in [2.05, 4.69) is 61.8 Å². The van der Waals surface area contributed by atoms with Gasteiger partial charge < -0.3 is 136 Å². The molecule has 8 amide bonds. The number of nitrogens with two attached hydrogens (primary N) is 6. The number of H-pyrrole nitrogens is 1. The summed E-state index contributed by atoms with van der Waals surface area (Å²) in [6.45, 7) is 4.60. The third-order valence-corrected chi connectivity index (χ3v) is 16.6. The van der Waals surface area contributed by atoms with Crippen molar-refractivity contribution in [3.05, 3.63) is 56.8 Å². The Morgan fingerprint density at radius 2 is 1.44 bits per heavy atom. The molecular formula is C53H80N18O21S2. The van der Waals surface area contributed by atoms with Gasteiger partial charge in [0.15, 0.2) is 18.7 Å². The van der Waals surface area contributed by atoms with E-state index in [0.29, 0.717) is 15.7 Å². The van der Waals surface area contributed by atoms with E-state index in [4.69, 9.17) is 58.1 Å². The van der Waals surface area contributed by atoms with Gasteiger partial charge in [-0.1, -0.05) is 6.92 Å². The number of ether oxygens (including phenoxy) is 5. The number of primary amides is 3. The van der Waals surface area contributed by atoms with Crippen molar-refractivity contribution >= 4 is 75.9 Å². The fourth-order valence-electron chi connectivity index (χ4n) is 9.49. The van der Waals surface area contributed by atoms with E-state index >= 15 is 4.79 Å². The maximum absolute atomic E-state index is 15.2. The number of rotatable bonds is 33. The van der Waals surface area contributed by atoms with Crippen LogP contribution in [0.5, 0.6) is 0 Å². The third-order valence-electron chi connectivity index (χ3n) is 14.9. The summed E-state index contributed by atoms with van der Waals surface area (Å²) in [5.74, 6) is -8.82. The molecule has 520 valence electrons. The van der Waals surface area contributed by atoms with Crippen molar-refractivity contribution in [3.8, 4) is 10.7 Å². The lowest BCUT2D eigenvalue weighted by atomic mass is 9.96. The first-order valence-corrected chi connectivity index (χ1v) is 30.8. The number of imidazole rings is 1. The molecule has 94 heavy (non-hydrogen) atoms. The zero-order valence-corrected chi connectivity index (χ0v) is 52.8. The van der Waals surface area contributed by atoms with Crippen LogP contribution >= 0.6 is 22.7 Å². The summed E-state index contributed by atoms with van der Waals surface area (Å²) in [4.78, 5) is 130. The molecule has 4 aromatic rings. The van der Waals surface area contributed by atoms with Crippen LogP contribution in [0.2, 0.25) is 0 Å². The van der Waals surface area contributed by atoms with Crippen LogP contribution in [-0.4, -0.2) is 255 Å². The molecular weight excluding hydrogens is 1290 g/mol. The van der Waals surface area contributed by atoms with Gasteiger partial charge in [0, 0.05) is 54.8 Å². The second kappa shape index (κ2) is 34.1. The van der Waals surface area contributed by atoms with Gasteiger partial charge in [0.05, 0.1) is 72.7 Å². The number of anilines is 1. The van der Waals surface area contributed by atoms with Gasteiger partial charge in [-0.3, -0.25) is 33.6 Å². The molecule has 0 radical (unpaired) electrons. The minimum Gasteiger partial charge on any atom is -0.441 e. The van der Waals surface area contributed by atoms with E-state index in [1.54, 1.807) is 17.7 Å². The van der Waals surface area contributed by atoms with Gasteiger partial charge >= 0.3 is 6.09 Å². The number of nitrogen functional groups attached to an aromatic ring is 1. The summed E-state index contributed by atoms with van der Waals surface area (Å²) in [5.41, 5.74) is 33.7. The molecule has 41 heteroatoms. The van der Waals surface area contributed by atoms with E-state index in [-0.39, 0.29) is 60.7 Å². The average molecular weight is 1370 g/mol. The molecule has 0 aromatic carbocycles. The molecule has 1 unspecified atom stereocenters. The lowest BCUT2D eigenvalue weighted by Gasteiger charge is -2.47. The Labute approximate surface area is 542 Å². The number of aliphatic hydroxyl groups excluding tert-OH is 8. The molecule has 2 saturated heterocycles. The molecule has 27 N–H and O–H groups in total. The van der Waals surface area contributed by atoms with E-state index < -0.39 is 189 Å². The summed E-state index contributed by atoms with van der Waals surface area (Å²) in [6.07, 6.45) is -25.1. The van der Waals surface area contributed by atoms with Crippen LogP contribution in [0.4, 0.5) is 10.6 Å². The summed E-state index contributed by atoms with van der Waals surface area (Å²) in [5, 5.41) is 108.